The van der Waals surface area contributed by atoms with Crippen molar-refractivity contribution in [1.82, 2.24) is 5.32 Å². The lowest BCUT2D eigenvalue weighted by atomic mass is 9.75. The average Bonchev–Trinajstić information content (AvgIpc) is 2.46. The number of rotatable bonds is 5. The van der Waals surface area contributed by atoms with Crippen LogP contribution in [0.3, 0.4) is 0 Å². The number of hydrogen-bond acceptors (Lipinski definition) is 3. The zero-order valence-corrected chi connectivity index (χ0v) is 13.2. The summed E-state index contributed by atoms with van der Waals surface area (Å²) in [5.74, 6) is -0.0474. The van der Waals surface area contributed by atoms with Crippen molar-refractivity contribution in [3.05, 3.63) is 23.8 Å². The molecule has 4 heteroatoms. The smallest absolute Gasteiger partial charge is 0.253 e. The second kappa shape index (κ2) is 6.83. The number of amides is 1. The quantitative estimate of drug-likeness (QED) is 0.728. The summed E-state index contributed by atoms with van der Waals surface area (Å²) in [6, 6.07) is 5.43. The van der Waals surface area contributed by atoms with Gasteiger partial charge in [0.25, 0.3) is 5.91 Å². The SMILES string of the molecule is CCNC(=O)c1ccc(N)cc1NCC1(C)CCCCC1. The van der Waals surface area contributed by atoms with E-state index in [-0.39, 0.29) is 5.91 Å². The predicted molar refractivity (Wildman–Crippen MR) is 88.5 cm³/mol. The molecular formula is C17H27N3O. The molecule has 1 aliphatic rings. The molecule has 1 aliphatic carbocycles. The molecule has 21 heavy (non-hydrogen) atoms. The first-order valence-corrected chi connectivity index (χ1v) is 7.96. The molecule has 1 aromatic carbocycles. The summed E-state index contributed by atoms with van der Waals surface area (Å²) >= 11 is 0. The Labute approximate surface area is 127 Å². The lowest BCUT2D eigenvalue weighted by Crippen LogP contribution is -2.30. The van der Waals surface area contributed by atoms with Gasteiger partial charge in [0, 0.05) is 24.5 Å². The van der Waals surface area contributed by atoms with Crippen LogP contribution in [0.1, 0.15) is 56.3 Å². The average molecular weight is 289 g/mol. The summed E-state index contributed by atoms with van der Waals surface area (Å²) in [4.78, 5) is 12.1. The minimum atomic E-state index is -0.0474. The molecule has 0 aliphatic heterocycles. The van der Waals surface area contributed by atoms with Crippen LogP contribution in [0.5, 0.6) is 0 Å². The van der Waals surface area contributed by atoms with Gasteiger partial charge in [-0.1, -0.05) is 26.2 Å². The normalized spacial score (nSPS) is 17.2. The van der Waals surface area contributed by atoms with E-state index in [4.69, 9.17) is 5.73 Å². The van der Waals surface area contributed by atoms with E-state index in [0.717, 1.165) is 12.2 Å². The number of anilines is 2. The minimum absolute atomic E-state index is 0.0474. The first-order valence-electron chi connectivity index (χ1n) is 7.96. The van der Waals surface area contributed by atoms with Gasteiger partial charge in [0.1, 0.15) is 0 Å². The van der Waals surface area contributed by atoms with Gasteiger partial charge in [0.2, 0.25) is 0 Å². The molecule has 0 bridgehead atoms. The maximum absolute atomic E-state index is 12.1. The molecule has 0 atom stereocenters. The van der Waals surface area contributed by atoms with Gasteiger partial charge in [0.15, 0.2) is 0 Å². The molecule has 2 rings (SSSR count). The Balaban J connectivity index is 2.10. The van der Waals surface area contributed by atoms with E-state index in [9.17, 15) is 4.79 Å². The van der Waals surface area contributed by atoms with Gasteiger partial charge >= 0.3 is 0 Å². The summed E-state index contributed by atoms with van der Waals surface area (Å²) < 4.78 is 0. The van der Waals surface area contributed by atoms with E-state index < -0.39 is 0 Å². The fourth-order valence-electron chi connectivity index (χ4n) is 3.05. The highest BCUT2D eigenvalue weighted by Crippen LogP contribution is 2.36. The summed E-state index contributed by atoms with van der Waals surface area (Å²) in [5, 5.41) is 6.31. The van der Waals surface area contributed by atoms with Gasteiger partial charge in [-0.25, -0.2) is 0 Å². The number of benzene rings is 1. The van der Waals surface area contributed by atoms with Crippen molar-refractivity contribution in [3.8, 4) is 0 Å². The van der Waals surface area contributed by atoms with Gasteiger partial charge in [-0.15, -0.1) is 0 Å². The Morgan fingerprint density at radius 3 is 2.67 bits per heavy atom. The third-order valence-corrected chi connectivity index (χ3v) is 4.39. The Bertz CT molecular complexity index is 493. The zero-order chi connectivity index (χ0) is 15.3. The lowest BCUT2D eigenvalue weighted by Gasteiger charge is -2.34. The second-order valence-corrected chi connectivity index (χ2v) is 6.39. The van der Waals surface area contributed by atoms with Crippen molar-refractivity contribution < 1.29 is 4.79 Å². The molecule has 4 N–H and O–H groups in total. The van der Waals surface area contributed by atoms with Gasteiger partial charge in [-0.2, -0.15) is 0 Å². The third kappa shape index (κ3) is 4.13. The number of hydrogen-bond donors (Lipinski definition) is 3. The molecule has 0 aromatic heterocycles. The Kier molecular flexibility index (Phi) is 5.10. The highest BCUT2D eigenvalue weighted by Gasteiger charge is 2.26. The van der Waals surface area contributed by atoms with Crippen molar-refractivity contribution in [2.45, 2.75) is 46.0 Å². The minimum Gasteiger partial charge on any atom is -0.399 e. The summed E-state index contributed by atoms with van der Waals surface area (Å²) in [7, 11) is 0. The largest absolute Gasteiger partial charge is 0.399 e. The molecule has 4 nitrogen and oxygen atoms in total. The van der Waals surface area contributed by atoms with E-state index in [0.29, 0.717) is 23.2 Å². The van der Waals surface area contributed by atoms with Gasteiger partial charge in [-0.05, 0) is 43.4 Å². The van der Waals surface area contributed by atoms with Crippen molar-refractivity contribution in [2.75, 3.05) is 24.1 Å². The number of nitrogens with one attached hydrogen (secondary N) is 2. The highest BCUT2D eigenvalue weighted by atomic mass is 16.1. The fraction of sp³-hybridized carbons (Fsp3) is 0.588. The Hall–Kier alpha value is -1.71. The van der Waals surface area contributed by atoms with E-state index in [1.807, 2.05) is 13.0 Å². The van der Waals surface area contributed by atoms with Crippen LogP contribution in [0, 0.1) is 5.41 Å². The fourth-order valence-corrected chi connectivity index (χ4v) is 3.05. The number of nitrogens with two attached hydrogens (primary N) is 1. The van der Waals surface area contributed by atoms with Crippen LogP contribution in [0.15, 0.2) is 18.2 Å². The first-order chi connectivity index (χ1) is 10.0. The number of carbonyl (C=O) groups is 1. The molecule has 116 valence electrons. The highest BCUT2D eigenvalue weighted by molar-refractivity contribution is 6.00. The van der Waals surface area contributed by atoms with Gasteiger partial charge < -0.3 is 16.4 Å². The summed E-state index contributed by atoms with van der Waals surface area (Å²) in [5.41, 5.74) is 8.38. The van der Waals surface area contributed by atoms with E-state index in [2.05, 4.69) is 17.6 Å². The molecule has 0 heterocycles. The van der Waals surface area contributed by atoms with Gasteiger partial charge in [-0.3, -0.25) is 4.79 Å². The summed E-state index contributed by atoms with van der Waals surface area (Å²) in [6.45, 7) is 5.77. The van der Waals surface area contributed by atoms with Crippen LogP contribution in [0.25, 0.3) is 0 Å². The van der Waals surface area contributed by atoms with Crippen LogP contribution in [0.4, 0.5) is 11.4 Å². The molecule has 1 amide bonds. The zero-order valence-electron chi connectivity index (χ0n) is 13.2. The summed E-state index contributed by atoms with van der Waals surface area (Å²) in [6.07, 6.45) is 6.45. The number of nitrogen functional groups attached to an aromatic ring is 1. The molecule has 1 saturated carbocycles. The monoisotopic (exact) mass is 289 g/mol. The van der Waals surface area contributed by atoms with Crippen molar-refractivity contribution >= 4 is 17.3 Å². The molecule has 0 radical (unpaired) electrons. The topological polar surface area (TPSA) is 67.2 Å². The van der Waals surface area contributed by atoms with E-state index in [1.165, 1.54) is 32.1 Å². The first kappa shape index (κ1) is 15.7. The van der Waals surface area contributed by atoms with Crippen LogP contribution in [-0.4, -0.2) is 19.0 Å². The van der Waals surface area contributed by atoms with Gasteiger partial charge in [0.05, 0.1) is 5.56 Å². The Morgan fingerprint density at radius 2 is 2.00 bits per heavy atom. The van der Waals surface area contributed by atoms with Crippen molar-refractivity contribution in [3.63, 3.8) is 0 Å². The van der Waals surface area contributed by atoms with E-state index in [1.54, 1.807) is 12.1 Å². The lowest BCUT2D eigenvalue weighted by molar-refractivity contribution is 0.0956. The maximum Gasteiger partial charge on any atom is 0.253 e. The molecule has 0 unspecified atom stereocenters. The third-order valence-electron chi connectivity index (χ3n) is 4.39. The molecule has 1 fully saturated rings. The molecular weight excluding hydrogens is 262 g/mol. The van der Waals surface area contributed by atoms with Crippen LogP contribution >= 0.6 is 0 Å². The predicted octanol–water partition coefficient (Wildman–Crippen LogP) is 3.40. The van der Waals surface area contributed by atoms with Crippen LogP contribution in [0.2, 0.25) is 0 Å². The van der Waals surface area contributed by atoms with Crippen molar-refractivity contribution in [1.29, 1.82) is 0 Å². The maximum atomic E-state index is 12.1. The van der Waals surface area contributed by atoms with Crippen molar-refractivity contribution in [2.24, 2.45) is 5.41 Å². The second-order valence-electron chi connectivity index (χ2n) is 6.39. The van der Waals surface area contributed by atoms with Crippen LogP contribution in [-0.2, 0) is 0 Å². The van der Waals surface area contributed by atoms with Crippen LogP contribution < -0.4 is 16.4 Å². The number of carbonyl (C=O) groups excluding carboxylic acids is 1. The molecule has 0 saturated heterocycles. The molecule has 0 spiro atoms. The Morgan fingerprint density at radius 1 is 1.29 bits per heavy atom. The van der Waals surface area contributed by atoms with E-state index >= 15 is 0 Å². The standard InChI is InChI=1S/C17H27N3O/c1-3-19-16(21)14-8-7-13(18)11-15(14)20-12-17(2)9-5-4-6-10-17/h7-8,11,20H,3-6,9-10,12,18H2,1-2H3,(H,19,21). The molecule has 1 aromatic rings.